The van der Waals surface area contributed by atoms with Crippen LogP contribution in [0.25, 0.3) is 0 Å². The molecule has 0 radical (unpaired) electrons. The molecule has 1 heterocycles. The number of carbonyl (C=O) groups excluding carboxylic acids is 1. The van der Waals surface area contributed by atoms with E-state index in [9.17, 15) is 4.79 Å². The van der Waals surface area contributed by atoms with Crippen LogP contribution in [0, 0.1) is 0 Å². The van der Waals surface area contributed by atoms with Crippen LogP contribution in [-0.4, -0.2) is 50.6 Å². The number of nitrogens with zero attached hydrogens (tertiary/aromatic N) is 1. The van der Waals surface area contributed by atoms with E-state index in [1.165, 1.54) is 11.3 Å². The van der Waals surface area contributed by atoms with Crippen LogP contribution in [0.4, 0.5) is 0 Å². The molecule has 1 aromatic heterocycles. The quantitative estimate of drug-likeness (QED) is 0.717. The van der Waals surface area contributed by atoms with Gasteiger partial charge in [-0.2, -0.15) is 0 Å². The Balaban J connectivity index is 2.76. The summed E-state index contributed by atoms with van der Waals surface area (Å²) in [5.74, 6) is 0.954. The standard InChI is InChI=1S/C11H16ClNO3S/c1-15-7-6-13(5-4-12)11(14)10-9(16-2)3-8-17-10/h3,8H,4-7H2,1-2H3. The molecule has 0 unspecified atom stereocenters. The second-order valence-electron chi connectivity index (χ2n) is 3.29. The second-order valence-corrected chi connectivity index (χ2v) is 4.59. The fourth-order valence-electron chi connectivity index (χ4n) is 1.38. The highest BCUT2D eigenvalue weighted by Crippen LogP contribution is 2.25. The summed E-state index contributed by atoms with van der Waals surface area (Å²) >= 11 is 7.06. The van der Waals surface area contributed by atoms with Gasteiger partial charge in [0.05, 0.1) is 13.7 Å². The van der Waals surface area contributed by atoms with Crippen molar-refractivity contribution < 1.29 is 14.3 Å². The van der Waals surface area contributed by atoms with Crippen molar-refractivity contribution >= 4 is 28.8 Å². The number of halogens is 1. The molecule has 0 aliphatic carbocycles. The van der Waals surface area contributed by atoms with E-state index in [2.05, 4.69) is 0 Å². The fraction of sp³-hybridized carbons (Fsp3) is 0.545. The number of amides is 1. The molecule has 4 nitrogen and oxygen atoms in total. The highest BCUT2D eigenvalue weighted by atomic mass is 35.5. The lowest BCUT2D eigenvalue weighted by Gasteiger charge is -2.20. The summed E-state index contributed by atoms with van der Waals surface area (Å²) in [5.41, 5.74) is 0. The molecule has 0 aliphatic rings. The minimum absolute atomic E-state index is 0.0606. The van der Waals surface area contributed by atoms with Gasteiger partial charge in [0, 0.05) is 26.1 Å². The number of hydrogen-bond acceptors (Lipinski definition) is 4. The van der Waals surface area contributed by atoms with Crippen LogP contribution >= 0.6 is 22.9 Å². The summed E-state index contributed by atoms with van der Waals surface area (Å²) in [6.07, 6.45) is 0. The van der Waals surface area contributed by atoms with Gasteiger partial charge in [0.15, 0.2) is 0 Å². The van der Waals surface area contributed by atoms with Gasteiger partial charge in [-0.25, -0.2) is 0 Å². The van der Waals surface area contributed by atoms with E-state index in [-0.39, 0.29) is 5.91 Å². The van der Waals surface area contributed by atoms with Crippen molar-refractivity contribution in [3.8, 4) is 5.75 Å². The maximum atomic E-state index is 12.2. The SMILES string of the molecule is COCCN(CCCl)C(=O)c1sccc1OC. The van der Waals surface area contributed by atoms with E-state index in [1.54, 1.807) is 25.2 Å². The molecule has 0 bridgehead atoms. The van der Waals surface area contributed by atoms with Gasteiger partial charge in [0.25, 0.3) is 5.91 Å². The summed E-state index contributed by atoms with van der Waals surface area (Å²) < 4.78 is 10.1. The Bertz CT molecular complexity index is 356. The Labute approximate surface area is 110 Å². The second kappa shape index (κ2) is 7.53. The van der Waals surface area contributed by atoms with E-state index in [0.717, 1.165) is 0 Å². The van der Waals surface area contributed by atoms with Crippen molar-refractivity contribution in [3.63, 3.8) is 0 Å². The molecule has 1 rings (SSSR count). The van der Waals surface area contributed by atoms with Crippen LogP contribution in [0.3, 0.4) is 0 Å². The van der Waals surface area contributed by atoms with E-state index in [0.29, 0.717) is 36.2 Å². The van der Waals surface area contributed by atoms with Gasteiger partial charge < -0.3 is 14.4 Å². The van der Waals surface area contributed by atoms with Gasteiger partial charge in [0.1, 0.15) is 10.6 Å². The minimum atomic E-state index is -0.0606. The first-order chi connectivity index (χ1) is 8.24. The highest BCUT2D eigenvalue weighted by molar-refractivity contribution is 7.12. The molecule has 0 saturated carbocycles. The van der Waals surface area contributed by atoms with Crippen LogP contribution in [0.5, 0.6) is 5.75 Å². The average Bonchev–Trinajstić information content (AvgIpc) is 2.81. The average molecular weight is 278 g/mol. The third kappa shape index (κ3) is 3.87. The molecular weight excluding hydrogens is 262 g/mol. The first-order valence-corrected chi connectivity index (χ1v) is 6.61. The van der Waals surface area contributed by atoms with Crippen LogP contribution in [0.1, 0.15) is 9.67 Å². The molecule has 0 aromatic carbocycles. The zero-order valence-corrected chi connectivity index (χ0v) is 11.5. The smallest absolute Gasteiger partial charge is 0.267 e. The van der Waals surface area contributed by atoms with Crippen molar-refractivity contribution in [2.24, 2.45) is 0 Å². The molecule has 96 valence electrons. The number of ether oxygens (including phenoxy) is 2. The lowest BCUT2D eigenvalue weighted by Crippen LogP contribution is -2.35. The number of hydrogen-bond donors (Lipinski definition) is 0. The fourth-order valence-corrected chi connectivity index (χ4v) is 2.41. The van der Waals surface area contributed by atoms with E-state index in [4.69, 9.17) is 21.1 Å². The normalized spacial score (nSPS) is 10.3. The van der Waals surface area contributed by atoms with Crippen LogP contribution in [-0.2, 0) is 4.74 Å². The van der Waals surface area contributed by atoms with Gasteiger partial charge >= 0.3 is 0 Å². The van der Waals surface area contributed by atoms with Crippen molar-refractivity contribution in [2.75, 3.05) is 39.8 Å². The molecular formula is C11H16ClNO3S. The minimum Gasteiger partial charge on any atom is -0.495 e. The highest BCUT2D eigenvalue weighted by Gasteiger charge is 2.20. The Hall–Kier alpha value is -0.780. The third-order valence-corrected chi connectivity index (χ3v) is 3.30. The van der Waals surface area contributed by atoms with E-state index in [1.807, 2.05) is 5.38 Å². The lowest BCUT2D eigenvalue weighted by atomic mass is 10.3. The third-order valence-electron chi connectivity index (χ3n) is 2.25. The summed E-state index contributed by atoms with van der Waals surface area (Å²) in [7, 11) is 3.16. The van der Waals surface area contributed by atoms with Gasteiger partial charge in [-0.15, -0.1) is 22.9 Å². The van der Waals surface area contributed by atoms with Crippen LogP contribution in [0.15, 0.2) is 11.4 Å². The maximum Gasteiger partial charge on any atom is 0.267 e. The zero-order valence-electron chi connectivity index (χ0n) is 9.94. The number of thiophene rings is 1. The molecule has 0 N–H and O–H groups in total. The largest absolute Gasteiger partial charge is 0.495 e. The number of carbonyl (C=O) groups is 1. The van der Waals surface area contributed by atoms with Crippen molar-refractivity contribution in [1.29, 1.82) is 0 Å². The summed E-state index contributed by atoms with van der Waals surface area (Å²) in [6, 6.07) is 1.78. The van der Waals surface area contributed by atoms with Crippen LogP contribution < -0.4 is 4.74 Å². The molecule has 1 amide bonds. The summed E-state index contributed by atoms with van der Waals surface area (Å²) in [5, 5.41) is 1.83. The molecule has 0 atom stereocenters. The Morgan fingerprint density at radius 2 is 2.24 bits per heavy atom. The predicted octanol–water partition coefficient (Wildman–Crippen LogP) is 2.08. The van der Waals surface area contributed by atoms with Crippen LogP contribution in [0.2, 0.25) is 0 Å². The molecule has 17 heavy (non-hydrogen) atoms. The van der Waals surface area contributed by atoms with Gasteiger partial charge in [-0.1, -0.05) is 0 Å². The van der Waals surface area contributed by atoms with Gasteiger partial charge in [0.2, 0.25) is 0 Å². The van der Waals surface area contributed by atoms with Gasteiger partial charge in [-0.3, -0.25) is 4.79 Å². The lowest BCUT2D eigenvalue weighted by molar-refractivity contribution is 0.0709. The number of rotatable bonds is 7. The molecule has 0 fully saturated rings. The van der Waals surface area contributed by atoms with Crippen molar-refractivity contribution in [1.82, 2.24) is 4.90 Å². The molecule has 1 aromatic rings. The Kier molecular flexibility index (Phi) is 6.32. The monoisotopic (exact) mass is 277 g/mol. The van der Waals surface area contributed by atoms with Gasteiger partial charge in [-0.05, 0) is 11.4 Å². The number of alkyl halides is 1. The Morgan fingerprint density at radius 1 is 1.47 bits per heavy atom. The topological polar surface area (TPSA) is 38.8 Å². The molecule has 0 spiro atoms. The zero-order chi connectivity index (χ0) is 12.7. The van der Waals surface area contributed by atoms with Crippen molar-refractivity contribution in [3.05, 3.63) is 16.3 Å². The predicted molar refractivity (Wildman–Crippen MR) is 69.4 cm³/mol. The van der Waals surface area contributed by atoms with E-state index >= 15 is 0 Å². The van der Waals surface area contributed by atoms with Crippen molar-refractivity contribution in [2.45, 2.75) is 0 Å². The molecule has 0 aliphatic heterocycles. The summed E-state index contributed by atoms with van der Waals surface area (Å²) in [6.45, 7) is 1.53. The van der Waals surface area contributed by atoms with E-state index < -0.39 is 0 Å². The maximum absolute atomic E-state index is 12.2. The molecule has 6 heteroatoms. The summed E-state index contributed by atoms with van der Waals surface area (Å²) in [4.78, 5) is 14.5. The first-order valence-electron chi connectivity index (χ1n) is 5.20. The first kappa shape index (κ1) is 14.3. The number of methoxy groups -OCH3 is 2. The molecule has 0 saturated heterocycles. The Morgan fingerprint density at radius 3 is 2.82 bits per heavy atom.